The van der Waals surface area contributed by atoms with Gasteiger partial charge >= 0.3 is 0 Å². The second kappa shape index (κ2) is 5.29. The number of aliphatic hydroxyl groups excluding tert-OH is 1. The van der Waals surface area contributed by atoms with Crippen molar-refractivity contribution < 1.29 is 9.90 Å². The van der Waals surface area contributed by atoms with Gasteiger partial charge in [0.25, 0.3) is 0 Å². The van der Waals surface area contributed by atoms with Crippen molar-refractivity contribution in [3.63, 3.8) is 0 Å². The Morgan fingerprint density at radius 3 is 2.50 bits per heavy atom. The van der Waals surface area contributed by atoms with E-state index < -0.39 is 11.5 Å². The molecule has 0 aromatic carbocycles. The predicted octanol–water partition coefficient (Wildman–Crippen LogP) is -0.685. The van der Waals surface area contributed by atoms with Crippen LogP contribution < -0.4 is 11.3 Å². The molecule has 0 aliphatic heterocycles. The minimum absolute atomic E-state index is 0.199. The highest BCUT2D eigenvalue weighted by Crippen LogP contribution is 2.16. The highest BCUT2D eigenvalue weighted by atomic mass is 16.3. The van der Waals surface area contributed by atoms with E-state index in [-0.39, 0.29) is 5.91 Å². The number of carbonyl (C=O) groups is 1. The SMILES string of the molecule is CC(O)CN(C)CC(C)(C)C(=O)NN. The first-order valence-electron chi connectivity index (χ1n) is 4.67. The first-order chi connectivity index (χ1) is 6.29. The third-order valence-corrected chi connectivity index (χ3v) is 1.99. The number of likely N-dealkylation sites (N-methyl/N-ethyl adjacent to an activating group) is 1. The molecule has 0 aromatic rings. The molecular formula is C9H21N3O2. The fraction of sp³-hybridized carbons (Fsp3) is 0.889. The van der Waals surface area contributed by atoms with Crippen molar-refractivity contribution in [1.29, 1.82) is 0 Å². The third kappa shape index (κ3) is 4.55. The lowest BCUT2D eigenvalue weighted by Crippen LogP contribution is -2.47. The summed E-state index contributed by atoms with van der Waals surface area (Å²) >= 11 is 0. The maximum atomic E-state index is 11.3. The smallest absolute Gasteiger partial charge is 0.240 e. The minimum atomic E-state index is -0.543. The quantitative estimate of drug-likeness (QED) is 0.314. The largest absolute Gasteiger partial charge is 0.392 e. The molecule has 0 fully saturated rings. The second-order valence-electron chi connectivity index (χ2n) is 4.40. The summed E-state index contributed by atoms with van der Waals surface area (Å²) in [5, 5.41) is 9.15. The Morgan fingerprint density at radius 1 is 1.64 bits per heavy atom. The van der Waals surface area contributed by atoms with Gasteiger partial charge in [0.1, 0.15) is 0 Å². The molecule has 0 bridgehead atoms. The van der Waals surface area contributed by atoms with Crippen molar-refractivity contribution in [2.45, 2.75) is 26.9 Å². The summed E-state index contributed by atoms with van der Waals surface area (Å²) < 4.78 is 0. The molecule has 1 amide bonds. The zero-order valence-electron chi connectivity index (χ0n) is 9.37. The van der Waals surface area contributed by atoms with Crippen LogP contribution in [-0.4, -0.2) is 42.2 Å². The predicted molar refractivity (Wildman–Crippen MR) is 55.3 cm³/mol. The fourth-order valence-corrected chi connectivity index (χ4v) is 1.46. The Bertz CT molecular complexity index is 192. The maximum Gasteiger partial charge on any atom is 0.240 e. The molecule has 0 radical (unpaired) electrons. The number of amides is 1. The molecule has 0 spiro atoms. The van der Waals surface area contributed by atoms with Gasteiger partial charge in [0, 0.05) is 13.1 Å². The van der Waals surface area contributed by atoms with Gasteiger partial charge < -0.3 is 10.0 Å². The maximum absolute atomic E-state index is 11.3. The number of nitrogens with two attached hydrogens (primary N) is 1. The lowest BCUT2D eigenvalue weighted by molar-refractivity contribution is -0.130. The van der Waals surface area contributed by atoms with Crippen LogP contribution in [0.5, 0.6) is 0 Å². The molecule has 0 aliphatic rings. The van der Waals surface area contributed by atoms with Crippen molar-refractivity contribution in [3.8, 4) is 0 Å². The van der Waals surface area contributed by atoms with E-state index in [9.17, 15) is 4.79 Å². The Hall–Kier alpha value is -0.650. The highest BCUT2D eigenvalue weighted by molar-refractivity contribution is 5.81. The fourth-order valence-electron chi connectivity index (χ4n) is 1.46. The second-order valence-corrected chi connectivity index (χ2v) is 4.40. The molecule has 5 nitrogen and oxygen atoms in total. The van der Waals surface area contributed by atoms with Gasteiger partial charge in [-0.2, -0.15) is 0 Å². The Morgan fingerprint density at radius 2 is 2.14 bits per heavy atom. The van der Waals surface area contributed by atoms with E-state index in [1.54, 1.807) is 6.92 Å². The van der Waals surface area contributed by atoms with Crippen LogP contribution in [0.25, 0.3) is 0 Å². The summed E-state index contributed by atoms with van der Waals surface area (Å²) in [6.07, 6.45) is -0.392. The molecule has 0 aliphatic carbocycles. The van der Waals surface area contributed by atoms with Crippen LogP contribution in [0.2, 0.25) is 0 Å². The molecule has 0 saturated carbocycles. The molecule has 0 aromatic heterocycles. The van der Waals surface area contributed by atoms with Gasteiger partial charge in [-0.25, -0.2) is 5.84 Å². The van der Waals surface area contributed by atoms with Crippen molar-refractivity contribution in [2.24, 2.45) is 11.3 Å². The van der Waals surface area contributed by atoms with Gasteiger partial charge in [-0.05, 0) is 27.8 Å². The van der Waals surface area contributed by atoms with Crippen LogP contribution >= 0.6 is 0 Å². The van der Waals surface area contributed by atoms with Crippen LogP contribution in [0, 0.1) is 5.41 Å². The number of nitrogens with zero attached hydrogens (tertiary/aromatic N) is 1. The number of rotatable bonds is 5. The molecule has 0 heterocycles. The van der Waals surface area contributed by atoms with Crippen molar-refractivity contribution >= 4 is 5.91 Å². The molecule has 1 atom stereocenters. The number of carbonyl (C=O) groups excluding carboxylic acids is 1. The summed E-state index contributed by atoms with van der Waals surface area (Å²) in [5.41, 5.74) is 1.59. The number of aliphatic hydroxyl groups is 1. The highest BCUT2D eigenvalue weighted by Gasteiger charge is 2.28. The van der Waals surface area contributed by atoms with Crippen LogP contribution in [0.3, 0.4) is 0 Å². The van der Waals surface area contributed by atoms with Gasteiger partial charge in [0.05, 0.1) is 11.5 Å². The minimum Gasteiger partial charge on any atom is -0.392 e. The molecule has 4 N–H and O–H groups in total. The standard InChI is InChI=1S/C9H21N3O2/c1-7(13)5-12(4)6-9(2,3)8(14)11-10/h7,13H,5-6,10H2,1-4H3,(H,11,14). The Kier molecular flexibility index (Phi) is 5.04. The summed E-state index contributed by atoms with van der Waals surface area (Å²) in [4.78, 5) is 13.2. The van der Waals surface area contributed by atoms with E-state index in [0.29, 0.717) is 13.1 Å². The van der Waals surface area contributed by atoms with E-state index in [1.165, 1.54) is 0 Å². The molecule has 0 rings (SSSR count). The van der Waals surface area contributed by atoms with E-state index in [0.717, 1.165) is 0 Å². The van der Waals surface area contributed by atoms with E-state index >= 15 is 0 Å². The third-order valence-electron chi connectivity index (χ3n) is 1.99. The van der Waals surface area contributed by atoms with Crippen LogP contribution in [0.4, 0.5) is 0 Å². The lowest BCUT2D eigenvalue weighted by Gasteiger charge is -2.29. The van der Waals surface area contributed by atoms with Gasteiger partial charge in [0.15, 0.2) is 0 Å². The van der Waals surface area contributed by atoms with Crippen molar-refractivity contribution in [2.75, 3.05) is 20.1 Å². The number of hydrazine groups is 1. The Labute approximate surface area is 85.2 Å². The summed E-state index contributed by atoms with van der Waals surface area (Å²) in [6, 6.07) is 0. The molecule has 5 heteroatoms. The van der Waals surface area contributed by atoms with Gasteiger partial charge in [0.2, 0.25) is 5.91 Å². The Balaban J connectivity index is 4.14. The summed E-state index contributed by atoms with van der Waals surface area (Å²) in [5.74, 6) is 4.87. The van der Waals surface area contributed by atoms with Crippen LogP contribution in [0.15, 0.2) is 0 Å². The number of nitrogens with one attached hydrogen (secondary N) is 1. The first kappa shape index (κ1) is 13.4. The topological polar surface area (TPSA) is 78.6 Å². The zero-order chi connectivity index (χ0) is 11.4. The lowest BCUT2D eigenvalue weighted by atomic mass is 9.92. The van der Waals surface area contributed by atoms with E-state index in [4.69, 9.17) is 10.9 Å². The van der Waals surface area contributed by atoms with Crippen LogP contribution in [-0.2, 0) is 4.79 Å². The van der Waals surface area contributed by atoms with Gasteiger partial charge in [-0.1, -0.05) is 0 Å². The molecule has 84 valence electrons. The van der Waals surface area contributed by atoms with Crippen molar-refractivity contribution in [1.82, 2.24) is 10.3 Å². The molecule has 1 unspecified atom stereocenters. The van der Waals surface area contributed by atoms with E-state index in [2.05, 4.69) is 5.43 Å². The van der Waals surface area contributed by atoms with E-state index in [1.807, 2.05) is 25.8 Å². The number of hydrogen-bond acceptors (Lipinski definition) is 4. The average molecular weight is 203 g/mol. The normalized spacial score (nSPS) is 14.2. The average Bonchev–Trinajstić information content (AvgIpc) is 1.99. The first-order valence-corrected chi connectivity index (χ1v) is 4.67. The van der Waals surface area contributed by atoms with Crippen LogP contribution in [0.1, 0.15) is 20.8 Å². The number of hydrogen-bond donors (Lipinski definition) is 3. The molecule has 14 heavy (non-hydrogen) atoms. The molecular weight excluding hydrogens is 182 g/mol. The van der Waals surface area contributed by atoms with Gasteiger partial charge in [-0.15, -0.1) is 0 Å². The summed E-state index contributed by atoms with van der Waals surface area (Å²) in [6.45, 7) is 6.44. The van der Waals surface area contributed by atoms with Crippen molar-refractivity contribution in [3.05, 3.63) is 0 Å². The molecule has 0 saturated heterocycles. The summed E-state index contributed by atoms with van der Waals surface area (Å²) in [7, 11) is 1.86. The monoisotopic (exact) mass is 203 g/mol. The van der Waals surface area contributed by atoms with Gasteiger partial charge in [-0.3, -0.25) is 10.2 Å². The zero-order valence-corrected chi connectivity index (χ0v) is 9.37.